The van der Waals surface area contributed by atoms with Gasteiger partial charge in [-0.15, -0.1) is 0 Å². The SMILES string of the molecule is CCOC(=O)CNC(=O)N1CCC[C@H]1c1nc2cc(-c3ccc(F)c(C)c3)ccc2o1. The van der Waals surface area contributed by atoms with Crippen molar-refractivity contribution in [3.63, 3.8) is 0 Å². The van der Waals surface area contributed by atoms with Crippen LogP contribution in [0, 0.1) is 12.7 Å². The number of halogens is 1. The number of hydrogen-bond donors (Lipinski definition) is 1. The van der Waals surface area contributed by atoms with Crippen LogP contribution in [0.3, 0.4) is 0 Å². The fourth-order valence-corrected chi connectivity index (χ4v) is 3.82. The van der Waals surface area contributed by atoms with E-state index in [2.05, 4.69) is 10.3 Å². The average molecular weight is 425 g/mol. The Morgan fingerprint density at radius 1 is 1.26 bits per heavy atom. The number of nitrogens with zero attached hydrogens (tertiary/aromatic N) is 2. The van der Waals surface area contributed by atoms with E-state index in [1.807, 2.05) is 18.2 Å². The molecule has 0 unspecified atom stereocenters. The lowest BCUT2D eigenvalue weighted by atomic mass is 10.0. The summed E-state index contributed by atoms with van der Waals surface area (Å²) in [6, 6.07) is 9.97. The summed E-state index contributed by atoms with van der Waals surface area (Å²) in [5.74, 6) is -0.251. The van der Waals surface area contributed by atoms with Crippen molar-refractivity contribution in [3.05, 3.63) is 53.7 Å². The predicted molar refractivity (Wildman–Crippen MR) is 113 cm³/mol. The second kappa shape index (κ2) is 8.75. The first-order chi connectivity index (χ1) is 15.0. The number of likely N-dealkylation sites (tertiary alicyclic amines) is 1. The molecule has 0 aliphatic carbocycles. The summed E-state index contributed by atoms with van der Waals surface area (Å²) in [6.45, 7) is 4.09. The average Bonchev–Trinajstić information content (AvgIpc) is 3.40. The molecule has 162 valence electrons. The maximum atomic E-state index is 13.6. The van der Waals surface area contributed by atoms with E-state index >= 15 is 0 Å². The molecule has 1 N–H and O–H groups in total. The largest absolute Gasteiger partial charge is 0.465 e. The molecule has 3 aromatic rings. The highest BCUT2D eigenvalue weighted by Gasteiger charge is 2.33. The van der Waals surface area contributed by atoms with Crippen molar-refractivity contribution in [3.8, 4) is 11.1 Å². The van der Waals surface area contributed by atoms with Crippen molar-refractivity contribution in [1.29, 1.82) is 0 Å². The number of fused-ring (bicyclic) bond motifs is 1. The molecule has 2 aromatic carbocycles. The van der Waals surface area contributed by atoms with Gasteiger partial charge >= 0.3 is 12.0 Å². The number of urea groups is 1. The van der Waals surface area contributed by atoms with Crippen LogP contribution in [0.25, 0.3) is 22.2 Å². The second-order valence-corrected chi connectivity index (χ2v) is 7.51. The molecule has 1 aromatic heterocycles. The summed E-state index contributed by atoms with van der Waals surface area (Å²) in [5.41, 5.74) is 3.68. The van der Waals surface area contributed by atoms with Gasteiger partial charge in [-0.3, -0.25) is 4.79 Å². The smallest absolute Gasteiger partial charge is 0.325 e. The molecule has 2 amide bonds. The van der Waals surface area contributed by atoms with Crippen LogP contribution in [0.5, 0.6) is 0 Å². The van der Waals surface area contributed by atoms with Gasteiger partial charge in [-0.25, -0.2) is 14.2 Å². The maximum absolute atomic E-state index is 13.6. The Bertz CT molecular complexity index is 1130. The Labute approximate surface area is 179 Å². The van der Waals surface area contributed by atoms with E-state index in [1.165, 1.54) is 6.07 Å². The molecule has 2 heterocycles. The summed E-state index contributed by atoms with van der Waals surface area (Å²) in [4.78, 5) is 30.3. The molecule has 8 heteroatoms. The number of rotatable bonds is 5. The van der Waals surface area contributed by atoms with Gasteiger partial charge in [0.1, 0.15) is 23.9 Å². The monoisotopic (exact) mass is 425 g/mol. The second-order valence-electron chi connectivity index (χ2n) is 7.51. The lowest BCUT2D eigenvalue weighted by molar-refractivity contribution is -0.141. The fourth-order valence-electron chi connectivity index (χ4n) is 3.82. The van der Waals surface area contributed by atoms with Gasteiger partial charge in [0.05, 0.1) is 6.61 Å². The van der Waals surface area contributed by atoms with E-state index in [4.69, 9.17) is 9.15 Å². The van der Waals surface area contributed by atoms with Gasteiger partial charge in [-0.1, -0.05) is 12.1 Å². The molecule has 1 saturated heterocycles. The number of ether oxygens (including phenoxy) is 1. The summed E-state index contributed by atoms with van der Waals surface area (Å²) in [5, 5.41) is 2.60. The first-order valence-electron chi connectivity index (χ1n) is 10.3. The van der Waals surface area contributed by atoms with E-state index in [9.17, 15) is 14.0 Å². The quantitative estimate of drug-likeness (QED) is 0.615. The molecule has 4 rings (SSSR count). The maximum Gasteiger partial charge on any atom is 0.325 e. The van der Waals surface area contributed by atoms with Gasteiger partial charge in [-0.2, -0.15) is 0 Å². The van der Waals surface area contributed by atoms with E-state index in [1.54, 1.807) is 30.9 Å². The summed E-state index contributed by atoms with van der Waals surface area (Å²) in [6.07, 6.45) is 1.54. The van der Waals surface area contributed by atoms with Crippen LogP contribution in [0.2, 0.25) is 0 Å². The Kier molecular flexibility index (Phi) is 5.88. The highest BCUT2D eigenvalue weighted by molar-refractivity contribution is 5.82. The van der Waals surface area contributed by atoms with Crippen molar-refractivity contribution in [2.75, 3.05) is 19.7 Å². The Morgan fingerprint density at radius 3 is 2.81 bits per heavy atom. The fraction of sp³-hybridized carbons (Fsp3) is 0.348. The van der Waals surface area contributed by atoms with Gasteiger partial charge in [0, 0.05) is 6.54 Å². The molecule has 0 spiro atoms. The summed E-state index contributed by atoms with van der Waals surface area (Å²) >= 11 is 0. The topological polar surface area (TPSA) is 84.7 Å². The van der Waals surface area contributed by atoms with Crippen molar-refractivity contribution in [2.24, 2.45) is 0 Å². The minimum atomic E-state index is -0.475. The number of amides is 2. The minimum Gasteiger partial charge on any atom is -0.465 e. The third-order valence-electron chi connectivity index (χ3n) is 5.38. The predicted octanol–water partition coefficient (Wildman–Crippen LogP) is 4.35. The van der Waals surface area contributed by atoms with Crippen LogP contribution in [0.15, 0.2) is 40.8 Å². The van der Waals surface area contributed by atoms with E-state index in [0.717, 1.165) is 24.0 Å². The van der Waals surface area contributed by atoms with Crippen LogP contribution >= 0.6 is 0 Å². The molecule has 0 saturated carbocycles. The lowest BCUT2D eigenvalue weighted by Gasteiger charge is -2.22. The molecule has 1 atom stereocenters. The number of esters is 1. The van der Waals surface area contributed by atoms with Crippen molar-refractivity contribution >= 4 is 23.1 Å². The van der Waals surface area contributed by atoms with Crippen molar-refractivity contribution in [1.82, 2.24) is 15.2 Å². The molecule has 7 nitrogen and oxygen atoms in total. The number of aryl methyl sites for hydroxylation is 1. The molecular weight excluding hydrogens is 401 g/mol. The molecule has 1 aliphatic heterocycles. The number of oxazole rings is 1. The van der Waals surface area contributed by atoms with Gasteiger partial charge in [0.2, 0.25) is 5.89 Å². The molecular formula is C23H24FN3O4. The van der Waals surface area contributed by atoms with Gasteiger partial charge in [0.25, 0.3) is 0 Å². The molecule has 0 bridgehead atoms. The van der Waals surface area contributed by atoms with Crippen LogP contribution in [0.4, 0.5) is 9.18 Å². The third kappa shape index (κ3) is 4.38. The van der Waals surface area contributed by atoms with Gasteiger partial charge in [-0.05, 0) is 67.6 Å². The highest BCUT2D eigenvalue weighted by atomic mass is 19.1. The normalized spacial score (nSPS) is 16.0. The Balaban J connectivity index is 1.54. The standard InChI is InChI=1S/C23H24FN3O4/c1-3-30-21(28)13-25-23(29)27-10-4-5-19(27)22-26-18-12-16(7-9-20(18)31-22)15-6-8-17(24)14(2)11-15/h6-9,11-12,19H,3-5,10,13H2,1-2H3,(H,25,29)/t19-/m0/s1. The summed E-state index contributed by atoms with van der Waals surface area (Å²) in [7, 11) is 0. The van der Waals surface area contributed by atoms with Crippen LogP contribution in [-0.2, 0) is 9.53 Å². The van der Waals surface area contributed by atoms with Crippen molar-refractivity contribution < 1.29 is 23.1 Å². The number of carbonyl (C=O) groups is 2. The number of benzene rings is 2. The van der Waals surface area contributed by atoms with Crippen LogP contribution in [-0.4, -0.2) is 41.6 Å². The number of carbonyl (C=O) groups excluding carboxylic acids is 2. The number of nitrogens with one attached hydrogen (secondary N) is 1. The zero-order chi connectivity index (χ0) is 22.0. The lowest BCUT2D eigenvalue weighted by Crippen LogP contribution is -2.42. The molecule has 1 aliphatic rings. The first-order valence-corrected chi connectivity index (χ1v) is 10.3. The third-order valence-corrected chi connectivity index (χ3v) is 5.38. The molecule has 0 radical (unpaired) electrons. The Morgan fingerprint density at radius 2 is 2.03 bits per heavy atom. The van der Waals surface area contributed by atoms with E-state index < -0.39 is 5.97 Å². The van der Waals surface area contributed by atoms with E-state index in [-0.39, 0.29) is 31.0 Å². The number of hydrogen-bond acceptors (Lipinski definition) is 5. The molecule has 1 fully saturated rings. The first kappa shape index (κ1) is 20.8. The van der Waals surface area contributed by atoms with Crippen molar-refractivity contribution in [2.45, 2.75) is 32.7 Å². The van der Waals surface area contributed by atoms with Crippen LogP contribution in [0.1, 0.15) is 37.3 Å². The zero-order valence-corrected chi connectivity index (χ0v) is 17.5. The highest BCUT2D eigenvalue weighted by Crippen LogP contribution is 2.34. The minimum absolute atomic E-state index is 0.177. The number of aromatic nitrogens is 1. The van der Waals surface area contributed by atoms with Gasteiger partial charge < -0.3 is 19.4 Å². The van der Waals surface area contributed by atoms with Gasteiger partial charge in [0.15, 0.2) is 5.58 Å². The summed E-state index contributed by atoms with van der Waals surface area (Å²) < 4.78 is 24.4. The zero-order valence-electron chi connectivity index (χ0n) is 17.5. The van der Waals surface area contributed by atoms with Crippen LogP contribution < -0.4 is 5.32 Å². The Hall–Kier alpha value is -3.42. The molecule has 31 heavy (non-hydrogen) atoms. The van der Waals surface area contributed by atoms with E-state index in [0.29, 0.717) is 29.1 Å².